The van der Waals surface area contributed by atoms with Crippen LogP contribution in [0.25, 0.3) is 0 Å². The smallest absolute Gasteiger partial charge is 0.244 e. The molecule has 4 rings (SSSR count). The summed E-state index contributed by atoms with van der Waals surface area (Å²) in [4.78, 5) is 0.298. The van der Waals surface area contributed by atoms with Crippen LogP contribution in [0.2, 0.25) is 5.02 Å². The summed E-state index contributed by atoms with van der Waals surface area (Å²) >= 11 is 6.13. The summed E-state index contributed by atoms with van der Waals surface area (Å²) in [6.07, 6.45) is 2.02. The van der Waals surface area contributed by atoms with E-state index in [4.69, 9.17) is 16.3 Å². The highest BCUT2D eigenvalue weighted by Gasteiger charge is 2.50. The fraction of sp³-hybridized carbons (Fsp3) is 0.300. The normalized spacial score (nSPS) is 23.1. The highest BCUT2D eigenvalue weighted by Crippen LogP contribution is 2.45. The van der Waals surface area contributed by atoms with Gasteiger partial charge in [-0.3, -0.25) is 0 Å². The van der Waals surface area contributed by atoms with Crippen LogP contribution in [-0.4, -0.2) is 25.9 Å². The summed E-state index contributed by atoms with van der Waals surface area (Å²) in [6.45, 7) is 4.97. The summed E-state index contributed by atoms with van der Waals surface area (Å²) in [6, 6.07) is 12.6. The molecule has 0 fully saturated rings. The van der Waals surface area contributed by atoms with Gasteiger partial charge in [-0.05, 0) is 49.2 Å². The zero-order valence-electron chi connectivity index (χ0n) is 14.7. The number of rotatable bonds is 2. The lowest BCUT2D eigenvalue weighted by Gasteiger charge is -2.41. The van der Waals surface area contributed by atoms with Crippen LogP contribution in [0, 0.1) is 6.92 Å². The van der Waals surface area contributed by atoms with Crippen molar-refractivity contribution in [3.05, 3.63) is 75.8 Å². The van der Waals surface area contributed by atoms with Gasteiger partial charge in [0.1, 0.15) is 5.54 Å². The molecule has 2 aliphatic rings. The molecule has 2 aromatic carbocycles. The second kappa shape index (κ2) is 6.20. The average molecular weight is 390 g/mol. The average Bonchev–Trinajstić information content (AvgIpc) is 2.93. The first-order valence-electron chi connectivity index (χ1n) is 8.47. The van der Waals surface area contributed by atoms with Gasteiger partial charge in [0.05, 0.1) is 18.1 Å². The van der Waals surface area contributed by atoms with Gasteiger partial charge in [-0.1, -0.05) is 47.0 Å². The molecule has 0 saturated heterocycles. The van der Waals surface area contributed by atoms with E-state index in [0.717, 1.165) is 22.3 Å². The van der Waals surface area contributed by atoms with Crippen LogP contribution in [-0.2, 0) is 26.9 Å². The first-order chi connectivity index (χ1) is 12.3. The monoisotopic (exact) mass is 389 g/mol. The predicted octanol–water partition coefficient (Wildman–Crippen LogP) is 4.02. The van der Waals surface area contributed by atoms with Gasteiger partial charge >= 0.3 is 0 Å². The first-order valence-corrected chi connectivity index (χ1v) is 10.3. The molecule has 0 amide bonds. The number of aryl methyl sites for hydroxylation is 1. The molecular formula is C20H20ClNO3S. The van der Waals surface area contributed by atoms with Crippen molar-refractivity contribution in [3.63, 3.8) is 0 Å². The van der Waals surface area contributed by atoms with E-state index < -0.39 is 15.6 Å². The van der Waals surface area contributed by atoms with Gasteiger partial charge in [-0.2, -0.15) is 4.31 Å². The van der Waals surface area contributed by atoms with Crippen LogP contribution in [0.15, 0.2) is 59.0 Å². The minimum atomic E-state index is -3.68. The van der Waals surface area contributed by atoms with Crippen molar-refractivity contribution in [1.29, 1.82) is 0 Å². The number of ether oxygens (including phenoxy) is 1. The number of hydrogen-bond acceptors (Lipinski definition) is 3. The van der Waals surface area contributed by atoms with Gasteiger partial charge in [0, 0.05) is 11.6 Å². The second-order valence-electron chi connectivity index (χ2n) is 7.03. The minimum Gasteiger partial charge on any atom is -0.374 e. The molecule has 1 unspecified atom stereocenters. The molecule has 6 heteroatoms. The number of benzene rings is 2. The number of halogens is 1. The van der Waals surface area contributed by atoms with Crippen LogP contribution in [0.4, 0.5) is 0 Å². The third-order valence-electron chi connectivity index (χ3n) is 5.05. The van der Waals surface area contributed by atoms with Crippen molar-refractivity contribution in [2.75, 3.05) is 13.2 Å². The maximum absolute atomic E-state index is 13.5. The minimum absolute atomic E-state index is 0.296. The lowest BCUT2D eigenvalue weighted by Crippen LogP contribution is -2.50. The highest BCUT2D eigenvalue weighted by molar-refractivity contribution is 7.89. The van der Waals surface area contributed by atoms with Crippen molar-refractivity contribution in [1.82, 2.24) is 4.31 Å². The Hall–Kier alpha value is -1.66. The Labute approximate surface area is 159 Å². The predicted molar refractivity (Wildman–Crippen MR) is 102 cm³/mol. The van der Waals surface area contributed by atoms with E-state index in [0.29, 0.717) is 29.7 Å². The van der Waals surface area contributed by atoms with Crippen LogP contribution >= 0.6 is 11.6 Å². The van der Waals surface area contributed by atoms with Crippen molar-refractivity contribution < 1.29 is 13.2 Å². The van der Waals surface area contributed by atoms with E-state index >= 15 is 0 Å². The molecule has 2 aromatic rings. The second-order valence-corrected chi connectivity index (χ2v) is 9.33. The lowest BCUT2D eigenvalue weighted by molar-refractivity contribution is 0.0325. The van der Waals surface area contributed by atoms with E-state index in [-0.39, 0.29) is 0 Å². The molecule has 26 heavy (non-hydrogen) atoms. The van der Waals surface area contributed by atoms with Crippen molar-refractivity contribution in [2.45, 2.75) is 30.9 Å². The summed E-state index contributed by atoms with van der Waals surface area (Å²) in [5, 5.41) is 0.621. The number of hydrogen-bond donors (Lipinski definition) is 0. The molecule has 0 N–H and O–H groups in total. The first kappa shape index (κ1) is 17.7. The summed E-state index contributed by atoms with van der Waals surface area (Å²) in [7, 11) is -3.68. The molecular weight excluding hydrogens is 370 g/mol. The Bertz CT molecular complexity index is 998. The topological polar surface area (TPSA) is 46.6 Å². The molecule has 4 nitrogen and oxygen atoms in total. The van der Waals surface area contributed by atoms with E-state index in [1.165, 1.54) is 0 Å². The molecule has 0 bridgehead atoms. The highest BCUT2D eigenvalue weighted by atomic mass is 35.5. The summed E-state index contributed by atoms with van der Waals surface area (Å²) < 4.78 is 34.3. The van der Waals surface area contributed by atoms with Crippen LogP contribution < -0.4 is 0 Å². The molecule has 0 aliphatic carbocycles. The largest absolute Gasteiger partial charge is 0.374 e. The van der Waals surface area contributed by atoms with E-state index in [1.54, 1.807) is 16.4 Å². The number of fused-ring (bicyclic) bond motifs is 2. The Morgan fingerprint density at radius 1 is 1.12 bits per heavy atom. The fourth-order valence-corrected chi connectivity index (χ4v) is 5.79. The number of nitrogens with zero attached hydrogens (tertiary/aromatic N) is 1. The van der Waals surface area contributed by atoms with E-state index in [2.05, 4.69) is 0 Å². The van der Waals surface area contributed by atoms with Gasteiger partial charge in [0.2, 0.25) is 10.0 Å². The maximum atomic E-state index is 13.5. The molecule has 0 radical (unpaired) electrons. The maximum Gasteiger partial charge on any atom is 0.244 e. The molecule has 0 saturated carbocycles. The van der Waals surface area contributed by atoms with Gasteiger partial charge in [0.15, 0.2) is 0 Å². The molecule has 1 spiro atoms. The van der Waals surface area contributed by atoms with Gasteiger partial charge in [0.25, 0.3) is 0 Å². The molecule has 1 atom stereocenters. The van der Waals surface area contributed by atoms with Gasteiger partial charge < -0.3 is 4.74 Å². The van der Waals surface area contributed by atoms with Crippen LogP contribution in [0.5, 0.6) is 0 Å². The molecule has 2 heterocycles. The third-order valence-corrected chi connectivity index (χ3v) is 7.18. The summed E-state index contributed by atoms with van der Waals surface area (Å²) in [5.41, 5.74) is 3.08. The van der Waals surface area contributed by atoms with Crippen molar-refractivity contribution in [3.8, 4) is 0 Å². The van der Waals surface area contributed by atoms with Crippen LogP contribution in [0.3, 0.4) is 0 Å². The van der Waals surface area contributed by atoms with Crippen LogP contribution in [0.1, 0.15) is 23.6 Å². The van der Waals surface area contributed by atoms with E-state index in [9.17, 15) is 8.42 Å². The molecule has 2 aliphatic heterocycles. The number of sulfonamides is 1. The quantitative estimate of drug-likeness (QED) is 0.728. The summed E-state index contributed by atoms with van der Waals surface area (Å²) in [5.74, 6) is 0. The van der Waals surface area contributed by atoms with Crippen molar-refractivity contribution >= 4 is 21.6 Å². The van der Waals surface area contributed by atoms with E-state index in [1.807, 2.05) is 50.3 Å². The molecule has 136 valence electrons. The van der Waals surface area contributed by atoms with Crippen molar-refractivity contribution in [2.24, 2.45) is 0 Å². The SMILES string of the molecule is CC1=CC2(COCc3cc(Cl)ccc32)N(S(=O)(=O)c2ccc(C)cc2)C1. The Morgan fingerprint density at radius 2 is 1.85 bits per heavy atom. The van der Waals surface area contributed by atoms with Gasteiger partial charge in [-0.15, -0.1) is 0 Å². The van der Waals surface area contributed by atoms with Gasteiger partial charge in [-0.25, -0.2) is 8.42 Å². The fourth-order valence-electron chi connectivity index (χ4n) is 3.85. The lowest BCUT2D eigenvalue weighted by atomic mass is 9.86. The standard InChI is InChI=1S/C20H20ClNO3S/c1-14-3-6-18(7-4-14)26(23,24)22-11-15(2)10-20(22)13-25-12-16-9-17(21)5-8-19(16)20/h3-10H,11-13H2,1-2H3. The molecule has 0 aromatic heterocycles. The Morgan fingerprint density at radius 3 is 2.58 bits per heavy atom. The Kier molecular flexibility index (Phi) is 4.23. The zero-order chi connectivity index (χ0) is 18.5. The third kappa shape index (κ3) is 2.70. The Balaban J connectivity index is 1.88. The zero-order valence-corrected chi connectivity index (χ0v) is 16.3.